The number of benzene rings is 1. The number of rotatable bonds is 3. The number of nitro benzene ring substituents is 1. The molecule has 23 heavy (non-hydrogen) atoms. The van der Waals surface area contributed by atoms with Gasteiger partial charge in [-0.2, -0.15) is 0 Å². The molecule has 9 heteroatoms. The number of fused-ring (bicyclic) bond motifs is 1. The number of nitrogens with two attached hydrogens (primary N) is 1. The van der Waals surface area contributed by atoms with Gasteiger partial charge >= 0.3 is 0 Å². The highest BCUT2D eigenvalue weighted by atomic mass is 35.5. The first-order valence-electron chi connectivity index (χ1n) is 6.93. The fourth-order valence-electron chi connectivity index (χ4n) is 2.47. The Morgan fingerprint density at radius 1 is 1.52 bits per heavy atom. The van der Waals surface area contributed by atoms with Crippen LogP contribution < -0.4 is 11.1 Å². The van der Waals surface area contributed by atoms with Gasteiger partial charge in [0.15, 0.2) is 5.13 Å². The largest absolute Gasteiger partial charge is 0.327 e. The van der Waals surface area contributed by atoms with Crippen molar-refractivity contribution in [3.8, 4) is 0 Å². The number of aromatic nitrogens is 1. The van der Waals surface area contributed by atoms with Gasteiger partial charge in [0.2, 0.25) is 0 Å². The molecule has 1 aliphatic carbocycles. The van der Waals surface area contributed by atoms with Gasteiger partial charge in [-0.3, -0.25) is 20.2 Å². The molecule has 0 unspecified atom stereocenters. The van der Waals surface area contributed by atoms with Crippen molar-refractivity contribution in [2.75, 3.05) is 5.32 Å². The van der Waals surface area contributed by atoms with E-state index in [9.17, 15) is 14.9 Å². The smallest absolute Gasteiger partial charge is 0.283 e. The van der Waals surface area contributed by atoms with Gasteiger partial charge in [-0.25, -0.2) is 4.98 Å². The molecule has 1 heterocycles. The molecule has 120 valence electrons. The quantitative estimate of drug-likeness (QED) is 0.651. The zero-order valence-corrected chi connectivity index (χ0v) is 13.5. The Labute approximate surface area is 140 Å². The van der Waals surface area contributed by atoms with Crippen LogP contribution in [0.1, 0.15) is 27.3 Å². The molecule has 2 aromatic rings. The van der Waals surface area contributed by atoms with E-state index in [0.29, 0.717) is 5.13 Å². The lowest BCUT2D eigenvalue weighted by Gasteiger charge is -2.15. The predicted molar refractivity (Wildman–Crippen MR) is 88.2 cm³/mol. The fraction of sp³-hybridized carbons (Fsp3) is 0.286. The normalized spacial score (nSPS) is 16.7. The summed E-state index contributed by atoms with van der Waals surface area (Å²) >= 11 is 7.11. The summed E-state index contributed by atoms with van der Waals surface area (Å²) in [5.41, 5.74) is 6.48. The van der Waals surface area contributed by atoms with Crippen LogP contribution in [0.4, 0.5) is 10.8 Å². The maximum Gasteiger partial charge on any atom is 0.283 e. The standard InChI is InChI=1S/C14H13ClN4O3S/c15-7-1-3-9(11(5-7)19(21)22)13(20)18-14-17-10-4-2-8(16)6-12(10)23-14/h1,3,5,8H,2,4,6,16H2,(H,17,18,20)/t8-/m0/s1. The lowest BCUT2D eigenvalue weighted by atomic mass is 9.99. The number of hydrogen-bond donors (Lipinski definition) is 2. The minimum atomic E-state index is -0.632. The molecular formula is C14H13ClN4O3S. The van der Waals surface area contributed by atoms with Gasteiger partial charge in [-0.1, -0.05) is 11.6 Å². The van der Waals surface area contributed by atoms with Crippen LogP contribution in [0.15, 0.2) is 18.2 Å². The zero-order chi connectivity index (χ0) is 16.6. The SMILES string of the molecule is N[C@H]1CCc2nc(NC(=O)c3ccc(Cl)cc3[N+](=O)[O-])sc2C1. The summed E-state index contributed by atoms with van der Waals surface area (Å²) < 4.78 is 0. The van der Waals surface area contributed by atoms with Crippen molar-refractivity contribution in [1.29, 1.82) is 0 Å². The number of aryl methyl sites for hydroxylation is 1. The topological polar surface area (TPSA) is 111 Å². The third-order valence-corrected chi connectivity index (χ3v) is 4.87. The summed E-state index contributed by atoms with van der Waals surface area (Å²) in [7, 11) is 0. The van der Waals surface area contributed by atoms with Crippen molar-refractivity contribution in [3.63, 3.8) is 0 Å². The number of hydrogen-bond acceptors (Lipinski definition) is 6. The Kier molecular flexibility index (Phi) is 4.29. The van der Waals surface area contributed by atoms with Crippen LogP contribution in [0.25, 0.3) is 0 Å². The summed E-state index contributed by atoms with van der Waals surface area (Å²) in [6, 6.07) is 4.04. The van der Waals surface area contributed by atoms with E-state index in [-0.39, 0.29) is 22.3 Å². The number of nitro groups is 1. The van der Waals surface area contributed by atoms with E-state index >= 15 is 0 Å². The van der Waals surface area contributed by atoms with Crippen molar-refractivity contribution in [1.82, 2.24) is 4.98 Å². The second-order valence-corrected chi connectivity index (χ2v) is 6.78. The molecular weight excluding hydrogens is 340 g/mol. The Balaban J connectivity index is 1.84. The summed E-state index contributed by atoms with van der Waals surface area (Å²) in [5.74, 6) is -0.580. The molecule has 3 rings (SSSR count). The minimum absolute atomic E-state index is 0.0516. The van der Waals surface area contributed by atoms with Crippen LogP contribution in [0.2, 0.25) is 5.02 Å². The monoisotopic (exact) mass is 352 g/mol. The molecule has 1 amide bonds. The molecule has 0 spiro atoms. The van der Waals surface area contributed by atoms with Crippen molar-refractivity contribution in [2.24, 2.45) is 5.73 Å². The van der Waals surface area contributed by atoms with Gasteiger partial charge in [0.25, 0.3) is 11.6 Å². The number of thiazole rings is 1. The highest BCUT2D eigenvalue weighted by Crippen LogP contribution is 2.30. The van der Waals surface area contributed by atoms with Crippen LogP contribution in [-0.4, -0.2) is 21.9 Å². The average Bonchev–Trinajstić information content (AvgIpc) is 2.88. The second-order valence-electron chi connectivity index (χ2n) is 5.26. The molecule has 0 saturated heterocycles. The van der Waals surface area contributed by atoms with Gasteiger partial charge in [-0.15, -0.1) is 11.3 Å². The Morgan fingerprint density at radius 3 is 3.04 bits per heavy atom. The Bertz CT molecular complexity index is 792. The minimum Gasteiger partial charge on any atom is -0.327 e. The first-order chi connectivity index (χ1) is 10.9. The second kappa shape index (κ2) is 6.23. The van der Waals surface area contributed by atoms with Crippen LogP contribution in [0, 0.1) is 10.1 Å². The molecule has 1 aromatic carbocycles. The number of anilines is 1. The summed E-state index contributed by atoms with van der Waals surface area (Å²) in [6.45, 7) is 0. The zero-order valence-electron chi connectivity index (χ0n) is 11.9. The first kappa shape index (κ1) is 15.9. The summed E-state index contributed by atoms with van der Waals surface area (Å²) in [4.78, 5) is 28.2. The molecule has 0 saturated carbocycles. The number of carbonyl (C=O) groups is 1. The molecule has 3 N–H and O–H groups in total. The number of nitrogens with zero attached hydrogens (tertiary/aromatic N) is 2. The van der Waals surface area contributed by atoms with E-state index in [0.717, 1.165) is 35.9 Å². The Morgan fingerprint density at radius 2 is 2.30 bits per heavy atom. The van der Waals surface area contributed by atoms with Crippen molar-refractivity contribution >= 4 is 39.7 Å². The lowest BCUT2D eigenvalue weighted by Crippen LogP contribution is -2.27. The number of amides is 1. The van der Waals surface area contributed by atoms with Crippen LogP contribution in [0.5, 0.6) is 0 Å². The highest BCUT2D eigenvalue weighted by Gasteiger charge is 2.24. The van der Waals surface area contributed by atoms with Gasteiger partial charge in [0.1, 0.15) is 5.56 Å². The highest BCUT2D eigenvalue weighted by molar-refractivity contribution is 7.15. The van der Waals surface area contributed by atoms with Crippen molar-refractivity contribution < 1.29 is 9.72 Å². The van der Waals surface area contributed by atoms with E-state index in [2.05, 4.69) is 10.3 Å². The third kappa shape index (κ3) is 3.34. The molecule has 1 aromatic heterocycles. The van der Waals surface area contributed by atoms with Crippen LogP contribution >= 0.6 is 22.9 Å². The molecule has 0 bridgehead atoms. The molecule has 0 fully saturated rings. The maximum atomic E-state index is 12.3. The van der Waals surface area contributed by atoms with E-state index in [1.807, 2.05) is 0 Å². The lowest BCUT2D eigenvalue weighted by molar-refractivity contribution is -0.385. The third-order valence-electron chi connectivity index (χ3n) is 3.60. The molecule has 0 radical (unpaired) electrons. The molecule has 0 aliphatic heterocycles. The predicted octanol–water partition coefficient (Wildman–Crippen LogP) is 2.77. The van der Waals surface area contributed by atoms with Crippen LogP contribution in [-0.2, 0) is 12.8 Å². The van der Waals surface area contributed by atoms with Gasteiger partial charge in [0.05, 0.1) is 10.6 Å². The van der Waals surface area contributed by atoms with E-state index < -0.39 is 10.8 Å². The average molecular weight is 353 g/mol. The number of halogens is 1. The first-order valence-corrected chi connectivity index (χ1v) is 8.13. The summed E-state index contributed by atoms with van der Waals surface area (Å²) in [6.07, 6.45) is 2.39. The van der Waals surface area contributed by atoms with Crippen molar-refractivity contribution in [2.45, 2.75) is 25.3 Å². The van der Waals surface area contributed by atoms with Gasteiger partial charge < -0.3 is 5.73 Å². The molecule has 1 atom stereocenters. The molecule has 1 aliphatic rings. The number of carbonyl (C=O) groups excluding carboxylic acids is 1. The number of nitrogens with one attached hydrogen (secondary N) is 1. The van der Waals surface area contributed by atoms with E-state index in [1.54, 1.807) is 0 Å². The summed E-state index contributed by atoms with van der Waals surface area (Å²) in [5, 5.41) is 14.3. The van der Waals surface area contributed by atoms with Crippen molar-refractivity contribution in [3.05, 3.63) is 49.5 Å². The van der Waals surface area contributed by atoms with Gasteiger partial charge in [0, 0.05) is 22.0 Å². The van der Waals surface area contributed by atoms with Crippen LogP contribution in [0.3, 0.4) is 0 Å². The van der Waals surface area contributed by atoms with E-state index in [1.165, 1.54) is 23.5 Å². The molecule has 7 nitrogen and oxygen atoms in total. The Hall–Kier alpha value is -2.03. The van der Waals surface area contributed by atoms with E-state index in [4.69, 9.17) is 17.3 Å². The van der Waals surface area contributed by atoms with Gasteiger partial charge in [-0.05, 0) is 31.4 Å². The maximum absolute atomic E-state index is 12.3. The fourth-order valence-corrected chi connectivity index (χ4v) is 3.73.